The Hall–Kier alpha value is -3.19. The molecule has 0 fully saturated rings. The van der Waals surface area contributed by atoms with E-state index in [-0.39, 0.29) is 17.4 Å². The van der Waals surface area contributed by atoms with Gasteiger partial charge in [-0.2, -0.15) is 0 Å². The molecule has 2 aromatic carbocycles. The van der Waals surface area contributed by atoms with Gasteiger partial charge in [-0.3, -0.25) is 9.59 Å². The quantitative estimate of drug-likeness (QED) is 0.386. The summed E-state index contributed by atoms with van der Waals surface area (Å²) in [6, 6.07) is 17.4. The number of nitrogens with two attached hydrogens (primary N) is 1. The largest absolute Gasteiger partial charge is 0.384 e. The molecular weight excluding hydrogens is 360 g/mol. The van der Waals surface area contributed by atoms with Crippen LogP contribution in [0.15, 0.2) is 65.8 Å². The molecule has 0 radical (unpaired) electrons. The van der Waals surface area contributed by atoms with Crippen LogP contribution in [0.4, 0.5) is 11.5 Å². The fraction of sp³-hybridized carbons (Fsp3) is 0.100. The highest BCUT2D eigenvalue weighted by atomic mass is 32.2. The third-order valence-electron chi connectivity index (χ3n) is 3.69. The highest BCUT2D eigenvalue weighted by molar-refractivity contribution is 7.99. The van der Waals surface area contributed by atoms with Gasteiger partial charge in [0.25, 0.3) is 5.91 Å². The Labute approximate surface area is 161 Å². The van der Waals surface area contributed by atoms with Gasteiger partial charge in [0.05, 0.1) is 5.75 Å². The minimum absolute atomic E-state index is 0.0513. The van der Waals surface area contributed by atoms with Crippen LogP contribution in [0.3, 0.4) is 0 Å². The number of rotatable bonds is 6. The highest BCUT2D eigenvalue weighted by Crippen LogP contribution is 2.18. The van der Waals surface area contributed by atoms with Crippen LogP contribution in [0, 0.1) is 6.92 Å². The number of hydrogen-bond acceptors (Lipinski definition) is 6. The molecule has 0 aliphatic heterocycles. The Morgan fingerprint density at radius 1 is 1.00 bits per heavy atom. The molecule has 0 unspecified atom stereocenters. The Kier molecular flexibility index (Phi) is 5.83. The van der Waals surface area contributed by atoms with Gasteiger partial charge in [-0.15, -0.1) is 0 Å². The van der Waals surface area contributed by atoms with Gasteiger partial charge < -0.3 is 11.1 Å². The number of carbonyl (C=O) groups is 2. The lowest BCUT2D eigenvalue weighted by Gasteiger charge is -2.06. The summed E-state index contributed by atoms with van der Waals surface area (Å²) in [7, 11) is 0. The van der Waals surface area contributed by atoms with E-state index < -0.39 is 0 Å². The average Bonchev–Trinajstić information content (AvgIpc) is 2.66. The maximum Gasteiger partial charge on any atom is 0.255 e. The van der Waals surface area contributed by atoms with Crippen molar-refractivity contribution in [3.63, 3.8) is 0 Å². The van der Waals surface area contributed by atoms with Crippen molar-refractivity contribution < 1.29 is 9.59 Å². The number of carbonyl (C=O) groups excluding carboxylic acids is 2. The van der Waals surface area contributed by atoms with Crippen LogP contribution in [0.2, 0.25) is 0 Å². The molecule has 27 heavy (non-hydrogen) atoms. The summed E-state index contributed by atoms with van der Waals surface area (Å²) in [4.78, 5) is 32.8. The number of nitrogens with one attached hydrogen (secondary N) is 1. The van der Waals surface area contributed by atoms with Crippen molar-refractivity contribution in [2.24, 2.45) is 0 Å². The maximum absolute atomic E-state index is 12.3. The number of ketones is 1. The van der Waals surface area contributed by atoms with Gasteiger partial charge in [0.15, 0.2) is 10.9 Å². The van der Waals surface area contributed by atoms with E-state index in [1.165, 1.54) is 11.8 Å². The normalized spacial score (nSPS) is 10.4. The fourth-order valence-corrected chi connectivity index (χ4v) is 3.18. The van der Waals surface area contributed by atoms with E-state index >= 15 is 0 Å². The molecule has 3 N–H and O–H groups in total. The number of nitrogens with zero attached hydrogens (tertiary/aromatic N) is 2. The molecule has 0 spiro atoms. The smallest absolute Gasteiger partial charge is 0.255 e. The number of aryl methyl sites for hydroxylation is 1. The predicted octanol–water partition coefficient (Wildman–Crippen LogP) is 3.59. The first-order valence-electron chi connectivity index (χ1n) is 8.25. The number of benzene rings is 2. The first kappa shape index (κ1) is 18.6. The van der Waals surface area contributed by atoms with Crippen molar-refractivity contribution >= 4 is 35.0 Å². The minimum Gasteiger partial charge on any atom is -0.384 e. The molecule has 0 bridgehead atoms. The van der Waals surface area contributed by atoms with Gasteiger partial charge in [0, 0.05) is 28.6 Å². The molecule has 136 valence electrons. The predicted molar refractivity (Wildman–Crippen MR) is 107 cm³/mol. The van der Waals surface area contributed by atoms with E-state index in [2.05, 4.69) is 15.3 Å². The third-order valence-corrected chi connectivity index (χ3v) is 4.53. The summed E-state index contributed by atoms with van der Waals surface area (Å²) in [6.45, 7) is 1.83. The number of Topliss-reactive ketones (excluding diaryl/α,β-unsaturated/α-hetero) is 1. The zero-order chi connectivity index (χ0) is 19.2. The van der Waals surface area contributed by atoms with Gasteiger partial charge in [-0.05, 0) is 43.3 Å². The Morgan fingerprint density at radius 2 is 1.70 bits per heavy atom. The lowest BCUT2D eigenvalue weighted by molar-refractivity contribution is 0.101. The minimum atomic E-state index is -0.195. The summed E-state index contributed by atoms with van der Waals surface area (Å²) in [5, 5.41) is 3.28. The molecule has 1 aromatic heterocycles. The summed E-state index contributed by atoms with van der Waals surface area (Å²) >= 11 is 1.24. The SMILES string of the molecule is Cc1cc(N)nc(SCC(=O)c2ccc(NC(=O)c3ccccc3)cc2)n1. The first-order chi connectivity index (χ1) is 13.0. The highest BCUT2D eigenvalue weighted by Gasteiger charge is 2.10. The molecule has 0 aliphatic rings. The lowest BCUT2D eigenvalue weighted by Crippen LogP contribution is -2.12. The standard InChI is InChI=1S/C20H18N4O2S/c1-13-11-18(21)24-20(22-13)27-12-17(25)14-7-9-16(10-8-14)23-19(26)15-5-3-2-4-6-15/h2-11H,12H2,1H3,(H,23,26)(H2,21,22,24). The molecule has 0 saturated carbocycles. The monoisotopic (exact) mass is 378 g/mol. The molecule has 3 aromatic rings. The molecule has 6 nitrogen and oxygen atoms in total. The van der Waals surface area contributed by atoms with Gasteiger partial charge in [0.2, 0.25) is 0 Å². The Bertz CT molecular complexity index is 939. The van der Waals surface area contributed by atoms with E-state index in [0.717, 1.165) is 5.69 Å². The molecule has 0 saturated heterocycles. The second-order valence-corrected chi connectivity index (χ2v) is 6.77. The Morgan fingerprint density at radius 3 is 2.37 bits per heavy atom. The van der Waals surface area contributed by atoms with E-state index in [4.69, 9.17) is 5.73 Å². The van der Waals surface area contributed by atoms with Gasteiger partial charge >= 0.3 is 0 Å². The van der Waals surface area contributed by atoms with Crippen molar-refractivity contribution in [2.75, 3.05) is 16.8 Å². The molecule has 1 heterocycles. The first-order valence-corrected chi connectivity index (χ1v) is 9.23. The summed E-state index contributed by atoms with van der Waals surface area (Å²) in [5.41, 5.74) is 8.21. The number of aromatic nitrogens is 2. The van der Waals surface area contributed by atoms with Crippen LogP contribution in [-0.4, -0.2) is 27.4 Å². The molecular formula is C20H18N4O2S. The van der Waals surface area contributed by atoms with Crippen molar-refractivity contribution in [2.45, 2.75) is 12.1 Å². The third kappa shape index (κ3) is 5.15. The molecule has 3 rings (SSSR count). The van der Waals surface area contributed by atoms with E-state index in [1.54, 1.807) is 54.6 Å². The summed E-state index contributed by atoms with van der Waals surface area (Å²) in [6.07, 6.45) is 0. The summed E-state index contributed by atoms with van der Waals surface area (Å²) < 4.78 is 0. The molecule has 1 amide bonds. The van der Waals surface area contributed by atoms with E-state index in [0.29, 0.717) is 27.8 Å². The summed E-state index contributed by atoms with van der Waals surface area (Å²) in [5.74, 6) is 0.346. The number of thioether (sulfide) groups is 1. The second-order valence-electron chi connectivity index (χ2n) is 5.83. The zero-order valence-corrected chi connectivity index (χ0v) is 15.5. The van der Waals surface area contributed by atoms with Gasteiger partial charge in [-0.25, -0.2) is 9.97 Å². The van der Waals surface area contributed by atoms with Crippen LogP contribution in [0.5, 0.6) is 0 Å². The van der Waals surface area contributed by atoms with Crippen LogP contribution in [0.1, 0.15) is 26.4 Å². The van der Waals surface area contributed by atoms with Crippen LogP contribution < -0.4 is 11.1 Å². The van der Waals surface area contributed by atoms with Crippen molar-refractivity contribution in [3.05, 3.63) is 77.5 Å². The number of nitrogen functional groups attached to an aromatic ring is 1. The van der Waals surface area contributed by atoms with Crippen LogP contribution >= 0.6 is 11.8 Å². The van der Waals surface area contributed by atoms with Crippen molar-refractivity contribution in [1.82, 2.24) is 9.97 Å². The van der Waals surface area contributed by atoms with Gasteiger partial charge in [-0.1, -0.05) is 30.0 Å². The van der Waals surface area contributed by atoms with E-state index in [9.17, 15) is 9.59 Å². The zero-order valence-electron chi connectivity index (χ0n) is 14.7. The average molecular weight is 378 g/mol. The lowest BCUT2D eigenvalue weighted by atomic mass is 10.1. The second kappa shape index (κ2) is 8.46. The number of anilines is 2. The van der Waals surface area contributed by atoms with Crippen LogP contribution in [0.25, 0.3) is 0 Å². The molecule has 0 aliphatic carbocycles. The van der Waals surface area contributed by atoms with E-state index in [1.807, 2.05) is 13.0 Å². The van der Waals surface area contributed by atoms with Crippen molar-refractivity contribution in [3.8, 4) is 0 Å². The fourth-order valence-electron chi connectivity index (χ4n) is 2.38. The maximum atomic E-state index is 12.3. The van der Waals surface area contributed by atoms with Crippen LogP contribution in [-0.2, 0) is 0 Å². The topological polar surface area (TPSA) is 98.0 Å². The van der Waals surface area contributed by atoms with Gasteiger partial charge in [0.1, 0.15) is 5.82 Å². The number of hydrogen-bond donors (Lipinski definition) is 2. The van der Waals surface area contributed by atoms with Crippen molar-refractivity contribution in [1.29, 1.82) is 0 Å². The molecule has 0 atom stereocenters. The number of amides is 1. The Balaban J connectivity index is 1.59. The molecule has 7 heteroatoms.